The molecule has 158 valence electrons. The van der Waals surface area contributed by atoms with Gasteiger partial charge in [-0.25, -0.2) is 9.79 Å². The van der Waals surface area contributed by atoms with E-state index >= 15 is 0 Å². The first kappa shape index (κ1) is 24.9. The normalized spacial score (nSPS) is 20.6. The minimum Gasteiger partial charge on any atom is -0.465 e. The third kappa shape index (κ3) is 7.69. The van der Waals surface area contributed by atoms with Crippen molar-refractivity contribution in [3.05, 3.63) is 35.4 Å². The van der Waals surface area contributed by atoms with Gasteiger partial charge >= 0.3 is 5.97 Å². The van der Waals surface area contributed by atoms with Gasteiger partial charge in [0.1, 0.15) is 0 Å². The van der Waals surface area contributed by atoms with E-state index < -0.39 is 10.8 Å². The molecule has 0 aromatic heterocycles. The molecule has 2 rings (SSSR count). The Labute approximate surface area is 187 Å². The van der Waals surface area contributed by atoms with Gasteiger partial charge in [-0.1, -0.05) is 25.5 Å². The van der Waals surface area contributed by atoms with E-state index in [1.165, 1.54) is 7.11 Å². The van der Waals surface area contributed by atoms with Crippen LogP contribution in [-0.4, -0.2) is 46.8 Å². The van der Waals surface area contributed by atoms with Crippen molar-refractivity contribution in [3.8, 4) is 0 Å². The zero-order valence-corrected chi connectivity index (χ0v) is 20.0. The van der Waals surface area contributed by atoms with Crippen molar-refractivity contribution in [2.24, 2.45) is 4.99 Å². The van der Waals surface area contributed by atoms with Crippen LogP contribution in [0.15, 0.2) is 29.3 Å². The van der Waals surface area contributed by atoms with E-state index in [1.54, 1.807) is 12.1 Å². The minimum atomic E-state index is -0.731. The zero-order valence-electron chi connectivity index (χ0n) is 16.9. The molecule has 2 N–H and O–H groups in total. The second kappa shape index (κ2) is 13.1. The average molecular weight is 521 g/mol. The summed E-state index contributed by atoms with van der Waals surface area (Å²) in [7, 11) is 0.645. The van der Waals surface area contributed by atoms with Gasteiger partial charge in [-0.3, -0.25) is 4.21 Å². The number of rotatable bonds is 7. The van der Waals surface area contributed by atoms with Crippen LogP contribution in [0, 0.1) is 0 Å². The molecule has 0 bridgehead atoms. The van der Waals surface area contributed by atoms with Crippen molar-refractivity contribution >= 4 is 46.7 Å². The monoisotopic (exact) mass is 521 g/mol. The summed E-state index contributed by atoms with van der Waals surface area (Å²) < 4.78 is 16.9. The van der Waals surface area contributed by atoms with Gasteiger partial charge in [-0.2, -0.15) is 0 Å². The van der Waals surface area contributed by atoms with E-state index in [9.17, 15) is 9.00 Å². The number of carbonyl (C=O) groups excluding carboxylic acids is 1. The third-order valence-corrected chi connectivity index (χ3v) is 6.50. The van der Waals surface area contributed by atoms with Gasteiger partial charge in [-0.15, -0.1) is 24.0 Å². The number of nitrogens with zero attached hydrogens (tertiary/aromatic N) is 1. The van der Waals surface area contributed by atoms with Gasteiger partial charge in [-0.05, 0) is 43.9 Å². The number of ether oxygens (including phenoxy) is 1. The highest BCUT2D eigenvalue weighted by Gasteiger charge is 2.26. The summed E-state index contributed by atoms with van der Waals surface area (Å²) in [5.41, 5.74) is 1.56. The molecule has 3 atom stereocenters. The number of benzene rings is 1. The van der Waals surface area contributed by atoms with E-state index in [4.69, 9.17) is 4.74 Å². The Bertz CT molecular complexity index is 667. The predicted octanol–water partition coefficient (Wildman–Crippen LogP) is 3.23. The van der Waals surface area contributed by atoms with Crippen LogP contribution < -0.4 is 10.6 Å². The van der Waals surface area contributed by atoms with Gasteiger partial charge < -0.3 is 15.4 Å². The quantitative estimate of drug-likeness (QED) is 0.249. The maximum atomic E-state index is 12.1. The fourth-order valence-electron chi connectivity index (χ4n) is 3.30. The molecule has 1 aliphatic carbocycles. The lowest BCUT2D eigenvalue weighted by atomic mass is 9.95. The number of carbonyl (C=O) groups is 1. The smallest absolute Gasteiger partial charge is 0.337 e. The molecule has 0 saturated heterocycles. The van der Waals surface area contributed by atoms with E-state index in [0.29, 0.717) is 18.2 Å². The summed E-state index contributed by atoms with van der Waals surface area (Å²) in [5, 5.41) is 7.08. The lowest BCUT2D eigenvalue weighted by Crippen LogP contribution is -2.46. The zero-order chi connectivity index (χ0) is 19.6. The van der Waals surface area contributed by atoms with Crippen molar-refractivity contribution in [1.82, 2.24) is 10.6 Å². The fourth-order valence-corrected chi connectivity index (χ4v) is 4.65. The van der Waals surface area contributed by atoms with Crippen LogP contribution in [0.2, 0.25) is 0 Å². The van der Waals surface area contributed by atoms with Crippen molar-refractivity contribution < 1.29 is 13.7 Å². The number of hydrogen-bond donors (Lipinski definition) is 2. The highest BCUT2D eigenvalue weighted by atomic mass is 127. The third-order valence-electron chi connectivity index (χ3n) is 4.76. The Hall–Kier alpha value is -1.16. The molecular weight excluding hydrogens is 489 g/mol. The second-order valence-corrected chi connectivity index (χ2v) is 8.69. The average Bonchev–Trinajstić information content (AvgIpc) is 2.71. The largest absolute Gasteiger partial charge is 0.465 e. The van der Waals surface area contributed by atoms with Crippen LogP contribution >= 0.6 is 24.0 Å². The molecule has 8 heteroatoms. The molecular formula is C20H32IN3O3S. The first-order chi connectivity index (χ1) is 13.1. The first-order valence-electron chi connectivity index (χ1n) is 9.66. The number of halogens is 1. The molecule has 0 aliphatic heterocycles. The van der Waals surface area contributed by atoms with Gasteiger partial charge in [0.25, 0.3) is 0 Å². The van der Waals surface area contributed by atoms with Gasteiger partial charge in [0, 0.05) is 34.4 Å². The lowest BCUT2D eigenvalue weighted by molar-refractivity contribution is 0.0600. The Morgan fingerprint density at radius 1 is 1.25 bits per heavy atom. The predicted molar refractivity (Wildman–Crippen MR) is 126 cm³/mol. The number of guanidine groups is 1. The topological polar surface area (TPSA) is 79.8 Å². The molecule has 3 unspecified atom stereocenters. The molecule has 1 saturated carbocycles. The van der Waals surface area contributed by atoms with Gasteiger partial charge in [0.15, 0.2) is 5.96 Å². The molecule has 0 heterocycles. The Kier molecular flexibility index (Phi) is 11.7. The van der Waals surface area contributed by atoms with Gasteiger partial charge in [0.2, 0.25) is 0 Å². The highest BCUT2D eigenvalue weighted by molar-refractivity contribution is 14.0. The molecule has 6 nitrogen and oxygen atoms in total. The summed E-state index contributed by atoms with van der Waals surface area (Å²) >= 11 is 0. The van der Waals surface area contributed by atoms with E-state index in [2.05, 4.69) is 15.6 Å². The molecule has 0 amide bonds. The van der Waals surface area contributed by atoms with Crippen molar-refractivity contribution in [1.29, 1.82) is 0 Å². The molecule has 0 radical (unpaired) electrons. The minimum absolute atomic E-state index is 0. The molecule has 1 aromatic rings. The van der Waals surface area contributed by atoms with Crippen molar-refractivity contribution in [2.45, 2.75) is 57.4 Å². The summed E-state index contributed by atoms with van der Waals surface area (Å²) in [6, 6.07) is 7.59. The van der Waals surface area contributed by atoms with Crippen LogP contribution in [0.3, 0.4) is 0 Å². The highest BCUT2D eigenvalue weighted by Crippen LogP contribution is 2.23. The van der Waals surface area contributed by atoms with Crippen LogP contribution in [0.4, 0.5) is 0 Å². The van der Waals surface area contributed by atoms with Crippen LogP contribution in [0.5, 0.6) is 0 Å². The summed E-state index contributed by atoms with van der Waals surface area (Å²) in [6.45, 7) is 5.33. The first-order valence-corrected chi connectivity index (χ1v) is 11.0. The summed E-state index contributed by atoms with van der Waals surface area (Å²) in [4.78, 5) is 16.2. The molecule has 0 spiro atoms. The second-order valence-electron chi connectivity index (χ2n) is 6.68. The summed E-state index contributed by atoms with van der Waals surface area (Å²) in [6.07, 6.45) is 4.16. The van der Waals surface area contributed by atoms with Crippen molar-refractivity contribution in [2.75, 3.05) is 19.4 Å². The lowest BCUT2D eigenvalue weighted by Gasteiger charge is -2.30. The number of methoxy groups -OCH3 is 1. The maximum absolute atomic E-state index is 12.1. The molecule has 28 heavy (non-hydrogen) atoms. The number of esters is 1. The maximum Gasteiger partial charge on any atom is 0.337 e. The fraction of sp³-hybridized carbons (Fsp3) is 0.600. The molecule has 1 aliphatic rings. The molecule has 1 aromatic carbocycles. The Balaban J connectivity index is 0.00000392. The van der Waals surface area contributed by atoms with E-state index in [1.807, 2.05) is 26.0 Å². The van der Waals surface area contributed by atoms with Crippen LogP contribution in [0.25, 0.3) is 0 Å². The molecule has 1 fully saturated rings. The number of nitrogens with one attached hydrogen (secondary N) is 2. The van der Waals surface area contributed by atoms with E-state index in [-0.39, 0.29) is 35.2 Å². The van der Waals surface area contributed by atoms with Crippen LogP contribution in [-0.2, 0) is 22.1 Å². The van der Waals surface area contributed by atoms with Crippen molar-refractivity contribution in [3.63, 3.8) is 0 Å². The van der Waals surface area contributed by atoms with Gasteiger partial charge in [0.05, 0.1) is 19.2 Å². The van der Waals surface area contributed by atoms with Crippen LogP contribution in [0.1, 0.15) is 55.5 Å². The Morgan fingerprint density at radius 3 is 2.57 bits per heavy atom. The number of aliphatic imine (C=N–C) groups is 1. The van der Waals surface area contributed by atoms with E-state index in [0.717, 1.165) is 49.5 Å². The SMILES string of the molecule is CCNC(=NCc1ccc(C(=O)OC)cc1)NC1CCCC(S(=O)CC)C1.I. The standard InChI is InChI=1S/C20H31N3O3S.HI/c1-4-21-20(23-17-7-6-8-18(13-17)27(25)5-2)22-14-15-9-11-16(12-10-15)19(24)26-3;/h9-12,17-18H,4-8,13-14H2,1-3H3,(H2,21,22,23);1H. The summed E-state index contributed by atoms with van der Waals surface area (Å²) in [5.74, 6) is 1.17. The Morgan fingerprint density at radius 2 is 1.96 bits per heavy atom. The number of hydrogen-bond acceptors (Lipinski definition) is 4.